The van der Waals surface area contributed by atoms with Crippen LogP contribution in [0.2, 0.25) is 0 Å². The Hall–Kier alpha value is -4.27. The van der Waals surface area contributed by atoms with Crippen LogP contribution in [0.1, 0.15) is 107 Å². The average Bonchev–Trinajstić information content (AvgIpc) is 3.52. The first-order chi connectivity index (χ1) is 24.8. The van der Waals surface area contributed by atoms with Crippen molar-refractivity contribution in [1.29, 1.82) is 0 Å². The lowest BCUT2D eigenvalue weighted by atomic mass is 9.83. The molecule has 5 atom stereocenters. The number of hydrogen-bond acceptors (Lipinski definition) is 8. The van der Waals surface area contributed by atoms with Crippen LogP contribution in [0.3, 0.4) is 0 Å². The smallest absolute Gasteiger partial charge is 0.327 e. The van der Waals surface area contributed by atoms with Crippen molar-refractivity contribution in [2.75, 3.05) is 6.54 Å². The predicted molar refractivity (Wildman–Crippen MR) is 195 cm³/mol. The molecule has 0 spiro atoms. The fourth-order valence-corrected chi connectivity index (χ4v) is 7.78. The standard InChI is InChI=1S/C37H54N6O8S/c1-22(2)20-26(34(48)42-31(32(38)46)24-10-4-3-5-11-24)40-35(49)28-13-8-18-43(28)37(51)27(21-23-16-17-23)41-33(47)25(12-6-7-15-30(44)45)39-36(50)29-14-9-19-52-29/h7,9,14-15,19,22-28,31H,3-6,8,10-13,16-18,20-21H2,1-2H3,(H2,38,46)(H,39,50)(H,40,49)(H,41,47)(H,42,48)(H,44,45)/b15-7+/t25?,26-,27-,28-,31-/m0/s1. The van der Waals surface area contributed by atoms with E-state index in [1.807, 2.05) is 13.8 Å². The summed E-state index contributed by atoms with van der Waals surface area (Å²) >= 11 is 1.21. The van der Waals surface area contributed by atoms with Crippen LogP contribution in [-0.2, 0) is 28.8 Å². The lowest BCUT2D eigenvalue weighted by molar-refractivity contribution is -0.142. The van der Waals surface area contributed by atoms with Gasteiger partial charge in [-0.3, -0.25) is 28.8 Å². The van der Waals surface area contributed by atoms with E-state index in [9.17, 15) is 33.6 Å². The highest BCUT2D eigenvalue weighted by Gasteiger charge is 2.41. The molecule has 1 aromatic rings. The number of carbonyl (C=O) groups excluding carboxylic acids is 6. The van der Waals surface area contributed by atoms with Gasteiger partial charge in [-0.1, -0.05) is 58.1 Å². The zero-order chi connectivity index (χ0) is 37.8. The number of nitrogens with one attached hydrogen (secondary N) is 4. The van der Waals surface area contributed by atoms with Crippen LogP contribution in [0.4, 0.5) is 0 Å². The number of likely N-dealkylation sites (tertiary alicyclic amines) is 1. The molecule has 1 aromatic heterocycles. The quantitative estimate of drug-likeness (QED) is 0.116. The maximum absolute atomic E-state index is 14.2. The van der Waals surface area contributed by atoms with E-state index in [4.69, 9.17) is 10.8 Å². The van der Waals surface area contributed by atoms with E-state index in [1.54, 1.807) is 17.5 Å². The molecule has 1 saturated heterocycles. The van der Waals surface area contributed by atoms with Crippen molar-refractivity contribution in [2.45, 2.75) is 128 Å². The van der Waals surface area contributed by atoms with E-state index in [0.717, 1.165) is 51.0 Å². The first-order valence-corrected chi connectivity index (χ1v) is 19.5. The summed E-state index contributed by atoms with van der Waals surface area (Å²) in [5.41, 5.74) is 5.72. The van der Waals surface area contributed by atoms with E-state index in [2.05, 4.69) is 21.3 Å². The van der Waals surface area contributed by atoms with Crippen molar-refractivity contribution in [3.05, 3.63) is 34.5 Å². The molecule has 286 valence electrons. The molecule has 3 aliphatic rings. The summed E-state index contributed by atoms with van der Waals surface area (Å²) in [4.78, 5) is 93.4. The highest BCUT2D eigenvalue weighted by Crippen LogP contribution is 2.34. The summed E-state index contributed by atoms with van der Waals surface area (Å²) in [6, 6.07) is -1.31. The first kappa shape index (κ1) is 40.5. The highest BCUT2D eigenvalue weighted by molar-refractivity contribution is 7.12. The van der Waals surface area contributed by atoms with Crippen molar-refractivity contribution in [1.82, 2.24) is 26.2 Å². The summed E-state index contributed by atoms with van der Waals surface area (Å²) < 4.78 is 0. The molecule has 2 saturated carbocycles. The summed E-state index contributed by atoms with van der Waals surface area (Å²) in [5, 5.41) is 22.0. The van der Waals surface area contributed by atoms with Gasteiger partial charge in [-0.15, -0.1) is 11.3 Å². The largest absolute Gasteiger partial charge is 0.478 e. The molecule has 15 heteroatoms. The fourth-order valence-electron chi connectivity index (χ4n) is 7.15. The Kier molecular flexibility index (Phi) is 15.2. The monoisotopic (exact) mass is 742 g/mol. The Morgan fingerprint density at radius 2 is 1.62 bits per heavy atom. The predicted octanol–water partition coefficient (Wildman–Crippen LogP) is 2.62. The molecule has 7 N–H and O–H groups in total. The molecule has 14 nitrogen and oxygen atoms in total. The Bertz CT molecular complexity index is 1460. The average molecular weight is 743 g/mol. The van der Waals surface area contributed by atoms with Gasteiger partial charge < -0.3 is 37.0 Å². The number of thiophene rings is 1. The summed E-state index contributed by atoms with van der Waals surface area (Å²) in [5.74, 6) is -3.95. The topological polar surface area (TPSA) is 217 Å². The van der Waals surface area contributed by atoms with Crippen LogP contribution in [0.5, 0.6) is 0 Å². The molecule has 2 aliphatic carbocycles. The van der Waals surface area contributed by atoms with Crippen LogP contribution in [-0.4, -0.2) is 88.2 Å². The van der Waals surface area contributed by atoms with Gasteiger partial charge in [0.2, 0.25) is 29.5 Å². The second-order valence-electron chi connectivity index (χ2n) is 14.7. The van der Waals surface area contributed by atoms with Gasteiger partial charge in [0.1, 0.15) is 30.2 Å². The molecule has 1 aliphatic heterocycles. The van der Waals surface area contributed by atoms with Crippen molar-refractivity contribution in [2.24, 2.45) is 23.5 Å². The molecule has 0 bridgehead atoms. The van der Waals surface area contributed by atoms with E-state index < -0.39 is 71.6 Å². The van der Waals surface area contributed by atoms with Crippen molar-refractivity contribution in [3.8, 4) is 0 Å². The van der Waals surface area contributed by atoms with Crippen LogP contribution in [0.15, 0.2) is 29.7 Å². The summed E-state index contributed by atoms with van der Waals surface area (Å²) in [6.07, 6.45) is 10.6. The lowest BCUT2D eigenvalue weighted by Gasteiger charge is -2.32. The number of rotatable bonds is 19. The number of primary amides is 1. The first-order valence-electron chi connectivity index (χ1n) is 18.6. The maximum atomic E-state index is 14.2. The molecule has 1 unspecified atom stereocenters. The Morgan fingerprint density at radius 1 is 0.904 bits per heavy atom. The van der Waals surface area contributed by atoms with Crippen LogP contribution in [0, 0.1) is 17.8 Å². The maximum Gasteiger partial charge on any atom is 0.327 e. The summed E-state index contributed by atoms with van der Waals surface area (Å²) in [6.45, 7) is 4.14. The molecule has 3 fully saturated rings. The minimum Gasteiger partial charge on any atom is -0.478 e. The van der Waals surface area contributed by atoms with E-state index in [0.29, 0.717) is 37.1 Å². The Labute approximate surface area is 309 Å². The third-order valence-corrected chi connectivity index (χ3v) is 10.9. The van der Waals surface area contributed by atoms with Gasteiger partial charge in [0.15, 0.2) is 0 Å². The van der Waals surface area contributed by atoms with Crippen LogP contribution in [0.25, 0.3) is 0 Å². The molecular formula is C37H54N6O8S. The number of carbonyl (C=O) groups is 7. The summed E-state index contributed by atoms with van der Waals surface area (Å²) in [7, 11) is 0. The number of allylic oxidation sites excluding steroid dienone is 1. The van der Waals surface area contributed by atoms with Crippen LogP contribution < -0.4 is 27.0 Å². The van der Waals surface area contributed by atoms with Gasteiger partial charge in [-0.25, -0.2) is 4.79 Å². The van der Waals surface area contributed by atoms with Gasteiger partial charge in [-0.2, -0.15) is 0 Å². The molecular weight excluding hydrogens is 689 g/mol. The SMILES string of the molecule is CC(C)C[C@H](NC(=O)[C@@H]1CCCN1C(=O)[C@H](CC1CC1)NC(=O)C(CC/C=C/C(=O)O)NC(=O)c1cccs1)C(=O)N[C@H](C(N)=O)C1CCCCC1. The number of carboxylic acid groups (broad SMARTS) is 1. The number of nitrogens with two attached hydrogens (primary N) is 1. The second-order valence-corrected chi connectivity index (χ2v) is 15.7. The third kappa shape index (κ3) is 12.2. The Balaban J connectivity index is 1.46. The van der Waals surface area contributed by atoms with E-state index in [-0.39, 0.29) is 30.6 Å². The zero-order valence-electron chi connectivity index (χ0n) is 30.1. The lowest BCUT2D eigenvalue weighted by Crippen LogP contribution is -2.59. The minimum absolute atomic E-state index is 0.0325. The number of amides is 6. The van der Waals surface area contributed by atoms with Crippen molar-refractivity contribution < 1.29 is 38.7 Å². The molecule has 4 rings (SSSR count). The highest BCUT2D eigenvalue weighted by atomic mass is 32.1. The van der Waals surface area contributed by atoms with Crippen molar-refractivity contribution >= 4 is 52.7 Å². The minimum atomic E-state index is -1.13. The molecule has 6 amide bonds. The second kappa shape index (κ2) is 19.5. The van der Waals surface area contributed by atoms with Gasteiger partial charge in [0.05, 0.1) is 4.88 Å². The molecule has 52 heavy (non-hydrogen) atoms. The number of hydrogen-bond donors (Lipinski definition) is 6. The molecule has 0 radical (unpaired) electrons. The third-order valence-electron chi connectivity index (χ3n) is 10.0. The van der Waals surface area contributed by atoms with Crippen LogP contribution >= 0.6 is 11.3 Å². The molecule has 2 heterocycles. The normalized spacial score (nSPS) is 20.1. The van der Waals surface area contributed by atoms with Gasteiger partial charge >= 0.3 is 5.97 Å². The molecule has 0 aromatic carbocycles. The van der Waals surface area contributed by atoms with Crippen molar-refractivity contribution in [3.63, 3.8) is 0 Å². The number of aliphatic carboxylic acids is 1. The van der Waals surface area contributed by atoms with Gasteiger partial charge in [0.25, 0.3) is 5.91 Å². The fraction of sp³-hybridized carbons (Fsp3) is 0.649. The number of nitrogens with zero attached hydrogens (tertiary/aromatic N) is 1. The van der Waals surface area contributed by atoms with Gasteiger partial charge in [0, 0.05) is 12.6 Å². The number of carboxylic acids is 1. The zero-order valence-corrected chi connectivity index (χ0v) is 31.0. The Morgan fingerprint density at radius 3 is 2.23 bits per heavy atom. The van der Waals surface area contributed by atoms with Gasteiger partial charge in [-0.05, 0) is 80.6 Å². The van der Waals surface area contributed by atoms with E-state index >= 15 is 0 Å². The van der Waals surface area contributed by atoms with E-state index in [1.165, 1.54) is 22.3 Å².